The second-order valence-electron chi connectivity index (χ2n) is 6.23. The number of nitrogens with zero attached hydrogens (tertiary/aromatic N) is 1. The number of hydrogen-bond donors (Lipinski definition) is 1. The second kappa shape index (κ2) is 4.07. The number of fused-ring (bicyclic) bond motifs is 2. The SMILES string of the molecule is NC1CCN(C(=O)C2C3CCCC32)c2ccccc21. The van der Waals surface area contributed by atoms with E-state index in [9.17, 15) is 4.79 Å². The Morgan fingerprint density at radius 1 is 1.16 bits per heavy atom. The van der Waals surface area contributed by atoms with E-state index in [1.54, 1.807) is 0 Å². The van der Waals surface area contributed by atoms with Gasteiger partial charge in [-0.1, -0.05) is 24.6 Å². The molecule has 0 aromatic heterocycles. The first kappa shape index (κ1) is 11.5. The maximum atomic E-state index is 12.7. The summed E-state index contributed by atoms with van der Waals surface area (Å²) in [5.41, 5.74) is 8.34. The quantitative estimate of drug-likeness (QED) is 0.839. The fourth-order valence-corrected chi connectivity index (χ4v) is 4.19. The summed E-state index contributed by atoms with van der Waals surface area (Å²) in [4.78, 5) is 14.7. The minimum atomic E-state index is 0.0824. The van der Waals surface area contributed by atoms with Crippen LogP contribution in [0.15, 0.2) is 24.3 Å². The van der Waals surface area contributed by atoms with Crippen LogP contribution < -0.4 is 10.6 Å². The topological polar surface area (TPSA) is 46.3 Å². The van der Waals surface area contributed by atoms with Gasteiger partial charge in [0.05, 0.1) is 0 Å². The monoisotopic (exact) mass is 256 g/mol. The largest absolute Gasteiger partial charge is 0.324 e. The molecule has 3 aliphatic rings. The van der Waals surface area contributed by atoms with Crippen molar-refractivity contribution in [3.8, 4) is 0 Å². The van der Waals surface area contributed by atoms with Crippen molar-refractivity contribution in [1.29, 1.82) is 0 Å². The molecule has 1 aliphatic heterocycles. The molecule has 1 aromatic rings. The predicted molar refractivity (Wildman–Crippen MR) is 74.7 cm³/mol. The van der Waals surface area contributed by atoms with Gasteiger partial charge in [-0.05, 0) is 42.7 Å². The van der Waals surface area contributed by atoms with Crippen LogP contribution in [0.4, 0.5) is 5.69 Å². The fraction of sp³-hybridized carbons (Fsp3) is 0.562. The van der Waals surface area contributed by atoms with Gasteiger partial charge in [-0.2, -0.15) is 0 Å². The molecule has 3 nitrogen and oxygen atoms in total. The molecule has 0 spiro atoms. The molecule has 19 heavy (non-hydrogen) atoms. The van der Waals surface area contributed by atoms with E-state index in [1.165, 1.54) is 19.3 Å². The van der Waals surface area contributed by atoms with Crippen LogP contribution in [0.2, 0.25) is 0 Å². The van der Waals surface area contributed by atoms with Crippen molar-refractivity contribution in [2.45, 2.75) is 31.7 Å². The molecule has 0 bridgehead atoms. The Labute approximate surface area is 113 Å². The Balaban J connectivity index is 1.62. The standard InChI is InChI=1S/C16H20N2O/c17-13-8-9-18(14-7-2-1-4-12(13)14)16(19)15-10-5-3-6-11(10)15/h1-2,4,7,10-11,13,15H,3,5-6,8-9,17H2. The third-order valence-corrected chi connectivity index (χ3v) is 5.25. The Morgan fingerprint density at radius 2 is 1.89 bits per heavy atom. The first-order valence-electron chi connectivity index (χ1n) is 7.43. The molecule has 100 valence electrons. The van der Waals surface area contributed by atoms with Crippen molar-refractivity contribution in [3.05, 3.63) is 29.8 Å². The van der Waals surface area contributed by atoms with E-state index in [0.29, 0.717) is 23.7 Å². The zero-order chi connectivity index (χ0) is 13.0. The third-order valence-electron chi connectivity index (χ3n) is 5.25. The van der Waals surface area contributed by atoms with Gasteiger partial charge < -0.3 is 10.6 Å². The summed E-state index contributed by atoms with van der Waals surface area (Å²) in [5, 5.41) is 0. The minimum absolute atomic E-state index is 0.0824. The van der Waals surface area contributed by atoms with Gasteiger partial charge in [-0.15, -0.1) is 0 Å². The van der Waals surface area contributed by atoms with Crippen LogP contribution in [-0.2, 0) is 4.79 Å². The van der Waals surface area contributed by atoms with E-state index < -0.39 is 0 Å². The van der Waals surface area contributed by atoms with E-state index in [-0.39, 0.29) is 6.04 Å². The maximum Gasteiger partial charge on any atom is 0.230 e. The molecule has 0 radical (unpaired) electrons. The van der Waals surface area contributed by atoms with Crippen LogP contribution in [0, 0.1) is 17.8 Å². The van der Waals surface area contributed by atoms with Gasteiger partial charge in [0, 0.05) is 24.2 Å². The van der Waals surface area contributed by atoms with Gasteiger partial charge in [0.25, 0.3) is 0 Å². The Morgan fingerprint density at radius 3 is 2.68 bits per heavy atom. The molecule has 0 saturated heterocycles. The van der Waals surface area contributed by atoms with E-state index >= 15 is 0 Å². The molecule has 3 heteroatoms. The zero-order valence-electron chi connectivity index (χ0n) is 11.1. The second-order valence-corrected chi connectivity index (χ2v) is 6.23. The lowest BCUT2D eigenvalue weighted by molar-refractivity contribution is -0.120. The summed E-state index contributed by atoms with van der Waals surface area (Å²) in [6.07, 6.45) is 4.72. The molecule has 4 rings (SSSR count). The highest BCUT2D eigenvalue weighted by molar-refractivity contribution is 5.98. The van der Waals surface area contributed by atoms with Crippen molar-refractivity contribution in [1.82, 2.24) is 0 Å². The highest BCUT2D eigenvalue weighted by Crippen LogP contribution is 2.58. The van der Waals surface area contributed by atoms with Crippen molar-refractivity contribution in [3.63, 3.8) is 0 Å². The molecule has 3 atom stereocenters. The Hall–Kier alpha value is -1.35. The fourth-order valence-electron chi connectivity index (χ4n) is 4.19. The number of amides is 1. The molecular weight excluding hydrogens is 236 g/mol. The maximum absolute atomic E-state index is 12.7. The average Bonchev–Trinajstić information content (AvgIpc) is 2.92. The van der Waals surface area contributed by atoms with Gasteiger partial charge in [0.2, 0.25) is 5.91 Å². The van der Waals surface area contributed by atoms with E-state index in [4.69, 9.17) is 5.73 Å². The van der Waals surface area contributed by atoms with Crippen LogP contribution in [0.1, 0.15) is 37.3 Å². The van der Waals surface area contributed by atoms with Crippen LogP contribution in [0.3, 0.4) is 0 Å². The third kappa shape index (κ3) is 1.64. The van der Waals surface area contributed by atoms with E-state index in [1.807, 2.05) is 23.1 Å². The summed E-state index contributed by atoms with van der Waals surface area (Å²) < 4.78 is 0. The number of anilines is 1. The highest BCUT2D eigenvalue weighted by atomic mass is 16.2. The molecule has 1 amide bonds. The van der Waals surface area contributed by atoms with Crippen LogP contribution in [0.5, 0.6) is 0 Å². The Kier molecular flexibility index (Phi) is 2.46. The van der Waals surface area contributed by atoms with Crippen molar-refractivity contribution in [2.75, 3.05) is 11.4 Å². The van der Waals surface area contributed by atoms with Crippen LogP contribution >= 0.6 is 0 Å². The Bertz CT molecular complexity index is 517. The first-order chi connectivity index (χ1) is 9.27. The smallest absolute Gasteiger partial charge is 0.230 e. The molecular formula is C16H20N2O. The number of carbonyl (C=O) groups is 1. The summed E-state index contributed by atoms with van der Waals surface area (Å²) in [6, 6.07) is 8.21. The lowest BCUT2D eigenvalue weighted by Gasteiger charge is -2.33. The van der Waals surface area contributed by atoms with Gasteiger partial charge in [0.15, 0.2) is 0 Å². The lowest BCUT2D eigenvalue weighted by atomic mass is 9.96. The van der Waals surface area contributed by atoms with Crippen molar-refractivity contribution in [2.24, 2.45) is 23.5 Å². The first-order valence-corrected chi connectivity index (χ1v) is 7.43. The number of nitrogens with two attached hydrogens (primary N) is 1. The highest BCUT2D eigenvalue weighted by Gasteiger charge is 2.57. The van der Waals surface area contributed by atoms with Crippen LogP contribution in [0.25, 0.3) is 0 Å². The van der Waals surface area contributed by atoms with Gasteiger partial charge in [0.1, 0.15) is 0 Å². The normalized spacial score (nSPS) is 35.7. The lowest BCUT2D eigenvalue weighted by Crippen LogP contribution is -2.39. The number of rotatable bonds is 1. The average molecular weight is 256 g/mol. The summed E-state index contributed by atoms with van der Waals surface area (Å²) >= 11 is 0. The molecule has 1 aromatic carbocycles. The number of carbonyl (C=O) groups excluding carboxylic acids is 1. The summed E-state index contributed by atoms with van der Waals surface area (Å²) in [6.45, 7) is 0.785. The molecule has 2 N–H and O–H groups in total. The van der Waals surface area contributed by atoms with Crippen LogP contribution in [-0.4, -0.2) is 12.5 Å². The zero-order valence-corrected chi connectivity index (χ0v) is 11.1. The van der Waals surface area contributed by atoms with E-state index in [0.717, 1.165) is 24.2 Å². The molecule has 2 saturated carbocycles. The number of benzene rings is 1. The molecule has 3 unspecified atom stereocenters. The van der Waals surface area contributed by atoms with Gasteiger partial charge >= 0.3 is 0 Å². The van der Waals surface area contributed by atoms with Gasteiger partial charge in [-0.3, -0.25) is 4.79 Å². The van der Waals surface area contributed by atoms with Crippen molar-refractivity contribution >= 4 is 11.6 Å². The number of para-hydroxylation sites is 1. The molecule has 1 heterocycles. The summed E-state index contributed by atoms with van der Waals surface area (Å²) in [7, 11) is 0. The van der Waals surface area contributed by atoms with Gasteiger partial charge in [-0.25, -0.2) is 0 Å². The molecule has 2 fully saturated rings. The van der Waals surface area contributed by atoms with Crippen molar-refractivity contribution < 1.29 is 4.79 Å². The minimum Gasteiger partial charge on any atom is -0.324 e. The number of hydrogen-bond acceptors (Lipinski definition) is 2. The summed E-state index contributed by atoms with van der Waals surface area (Å²) in [5.74, 6) is 2.05. The van der Waals surface area contributed by atoms with E-state index in [2.05, 4.69) is 6.07 Å². The molecule has 2 aliphatic carbocycles. The predicted octanol–water partition coefficient (Wildman–Crippen LogP) is 2.47.